The van der Waals surface area contributed by atoms with Crippen LogP contribution in [0.3, 0.4) is 0 Å². The fraction of sp³-hybridized carbons (Fsp3) is 0.280. The Kier molecular flexibility index (Phi) is 6.44. The van der Waals surface area contributed by atoms with Crippen LogP contribution >= 0.6 is 0 Å². The van der Waals surface area contributed by atoms with Crippen LogP contribution in [0.15, 0.2) is 65.1 Å². The molecule has 7 nitrogen and oxygen atoms in total. The van der Waals surface area contributed by atoms with Gasteiger partial charge in [0.15, 0.2) is 0 Å². The van der Waals surface area contributed by atoms with Crippen molar-refractivity contribution in [3.8, 4) is 17.1 Å². The Labute approximate surface area is 187 Å². The molecule has 1 N–H and O–H groups in total. The van der Waals surface area contributed by atoms with Crippen molar-refractivity contribution in [3.05, 3.63) is 72.0 Å². The lowest BCUT2D eigenvalue weighted by atomic mass is 10.0. The van der Waals surface area contributed by atoms with E-state index in [1.165, 1.54) is 11.1 Å². The molecule has 1 fully saturated rings. The fourth-order valence-corrected chi connectivity index (χ4v) is 3.78. The van der Waals surface area contributed by atoms with E-state index in [9.17, 15) is 9.59 Å². The van der Waals surface area contributed by atoms with Gasteiger partial charge in [-0.05, 0) is 31.0 Å². The summed E-state index contributed by atoms with van der Waals surface area (Å²) in [5.74, 6) is 0.677. The van der Waals surface area contributed by atoms with E-state index in [1.54, 1.807) is 17.9 Å². The minimum absolute atomic E-state index is 0.113. The Hall–Kier alpha value is -3.74. The standard InChI is InChI=1S/C25H27N3O4/c1-18-16-24(31-19(18)2)32-25(30)26-17-23(29)28-14-12-27(13-15-28)22-11-7-6-10-21(22)20-8-4-3-5-9-20/h3-11,16H,12-15,17H2,1-2H3,(H,26,30). The predicted octanol–water partition coefficient (Wildman–Crippen LogP) is 4.00. The Balaban J connectivity index is 1.29. The maximum absolute atomic E-state index is 12.6. The number of carbonyl (C=O) groups is 2. The third kappa shape index (κ3) is 4.94. The molecule has 166 valence electrons. The van der Waals surface area contributed by atoms with Gasteiger partial charge >= 0.3 is 6.09 Å². The van der Waals surface area contributed by atoms with Gasteiger partial charge in [-0.3, -0.25) is 4.79 Å². The van der Waals surface area contributed by atoms with Gasteiger partial charge in [-0.1, -0.05) is 48.5 Å². The molecule has 0 spiro atoms. The number of anilines is 1. The molecule has 1 saturated heterocycles. The molecule has 0 radical (unpaired) electrons. The molecule has 7 heteroatoms. The molecule has 0 saturated carbocycles. The topological polar surface area (TPSA) is 75.0 Å². The van der Waals surface area contributed by atoms with Crippen molar-refractivity contribution in [2.45, 2.75) is 13.8 Å². The Morgan fingerprint density at radius 1 is 0.969 bits per heavy atom. The molecular formula is C25H27N3O4. The van der Waals surface area contributed by atoms with E-state index >= 15 is 0 Å². The molecule has 3 aromatic rings. The summed E-state index contributed by atoms with van der Waals surface area (Å²) < 4.78 is 10.4. The number of para-hydroxylation sites is 1. The second-order valence-corrected chi connectivity index (χ2v) is 7.80. The Morgan fingerprint density at radius 3 is 2.34 bits per heavy atom. The van der Waals surface area contributed by atoms with E-state index in [0.29, 0.717) is 18.8 Å². The summed E-state index contributed by atoms with van der Waals surface area (Å²) in [6.07, 6.45) is -0.706. The molecule has 32 heavy (non-hydrogen) atoms. The van der Waals surface area contributed by atoms with Crippen LogP contribution in [0.2, 0.25) is 0 Å². The lowest BCUT2D eigenvalue weighted by Gasteiger charge is -2.37. The number of aryl methyl sites for hydroxylation is 2. The summed E-state index contributed by atoms with van der Waals surface area (Å²) >= 11 is 0. The largest absolute Gasteiger partial charge is 0.430 e. The van der Waals surface area contributed by atoms with Crippen LogP contribution in [-0.4, -0.2) is 49.6 Å². The molecular weight excluding hydrogens is 406 g/mol. The fourth-order valence-electron chi connectivity index (χ4n) is 3.78. The molecule has 2 amide bonds. The van der Waals surface area contributed by atoms with Crippen LogP contribution in [-0.2, 0) is 4.79 Å². The quantitative estimate of drug-likeness (QED) is 0.658. The second kappa shape index (κ2) is 9.60. The van der Waals surface area contributed by atoms with E-state index in [1.807, 2.05) is 37.3 Å². The van der Waals surface area contributed by atoms with Crippen molar-refractivity contribution in [2.75, 3.05) is 37.6 Å². The first kappa shape index (κ1) is 21.5. The number of rotatable bonds is 5. The van der Waals surface area contributed by atoms with Crippen molar-refractivity contribution in [3.63, 3.8) is 0 Å². The number of piperazine rings is 1. The third-order valence-electron chi connectivity index (χ3n) is 5.68. The number of ether oxygens (including phenoxy) is 1. The number of benzene rings is 2. The number of nitrogens with zero attached hydrogens (tertiary/aromatic N) is 2. The van der Waals surface area contributed by atoms with Crippen molar-refractivity contribution >= 4 is 17.7 Å². The maximum atomic E-state index is 12.6. The molecule has 2 heterocycles. The Morgan fingerprint density at radius 2 is 1.66 bits per heavy atom. The average Bonchev–Trinajstić information content (AvgIpc) is 3.14. The molecule has 4 rings (SSSR count). The van der Waals surface area contributed by atoms with Gasteiger partial charge in [-0.15, -0.1) is 0 Å². The van der Waals surface area contributed by atoms with Gasteiger partial charge in [0.05, 0.1) is 0 Å². The zero-order valence-electron chi connectivity index (χ0n) is 18.3. The van der Waals surface area contributed by atoms with Gasteiger partial charge in [0, 0.05) is 43.5 Å². The lowest BCUT2D eigenvalue weighted by Crippen LogP contribution is -2.51. The van der Waals surface area contributed by atoms with E-state index in [0.717, 1.165) is 24.3 Å². The molecule has 2 aromatic carbocycles. The third-order valence-corrected chi connectivity index (χ3v) is 5.68. The highest BCUT2D eigenvalue weighted by atomic mass is 16.6. The predicted molar refractivity (Wildman–Crippen MR) is 123 cm³/mol. The summed E-state index contributed by atoms with van der Waals surface area (Å²) in [7, 11) is 0. The second-order valence-electron chi connectivity index (χ2n) is 7.80. The first-order valence-electron chi connectivity index (χ1n) is 10.7. The summed E-state index contributed by atoms with van der Waals surface area (Å²) in [4.78, 5) is 28.6. The highest BCUT2D eigenvalue weighted by Gasteiger charge is 2.23. The molecule has 0 bridgehead atoms. The summed E-state index contributed by atoms with van der Waals surface area (Å²) in [6, 6.07) is 20.3. The SMILES string of the molecule is Cc1cc(OC(=O)NCC(=O)N2CCN(c3ccccc3-c3ccccc3)CC2)oc1C. The van der Waals surface area contributed by atoms with Crippen molar-refractivity contribution in [1.82, 2.24) is 10.2 Å². The first-order chi connectivity index (χ1) is 15.5. The number of hydrogen-bond donors (Lipinski definition) is 1. The minimum atomic E-state index is -0.706. The van der Waals surface area contributed by atoms with Crippen LogP contribution in [0.4, 0.5) is 10.5 Å². The minimum Gasteiger partial charge on any atom is -0.430 e. The highest BCUT2D eigenvalue weighted by molar-refractivity contribution is 5.83. The van der Waals surface area contributed by atoms with Gasteiger partial charge in [0.2, 0.25) is 5.91 Å². The van der Waals surface area contributed by atoms with Crippen LogP contribution in [0.5, 0.6) is 5.95 Å². The van der Waals surface area contributed by atoms with E-state index in [-0.39, 0.29) is 18.4 Å². The van der Waals surface area contributed by atoms with Crippen molar-refractivity contribution < 1.29 is 18.7 Å². The highest BCUT2D eigenvalue weighted by Crippen LogP contribution is 2.31. The van der Waals surface area contributed by atoms with Crippen molar-refractivity contribution in [2.24, 2.45) is 0 Å². The summed E-state index contributed by atoms with van der Waals surface area (Å²) in [6.45, 7) is 6.19. The zero-order valence-corrected chi connectivity index (χ0v) is 18.3. The van der Waals surface area contributed by atoms with Gasteiger partial charge in [-0.25, -0.2) is 4.79 Å². The number of furan rings is 1. The van der Waals surface area contributed by atoms with Crippen LogP contribution in [0.25, 0.3) is 11.1 Å². The molecule has 1 aliphatic rings. The number of carbonyl (C=O) groups excluding carboxylic acids is 2. The molecule has 0 aliphatic carbocycles. The average molecular weight is 434 g/mol. The van der Waals surface area contributed by atoms with Crippen LogP contribution in [0.1, 0.15) is 11.3 Å². The summed E-state index contributed by atoms with van der Waals surface area (Å²) in [5, 5.41) is 2.50. The summed E-state index contributed by atoms with van der Waals surface area (Å²) in [5.41, 5.74) is 4.42. The number of nitrogens with one attached hydrogen (secondary N) is 1. The Bertz CT molecular complexity index is 1070. The van der Waals surface area contributed by atoms with Gasteiger partial charge in [0.25, 0.3) is 5.95 Å². The monoisotopic (exact) mass is 433 g/mol. The van der Waals surface area contributed by atoms with Gasteiger partial charge in [0.1, 0.15) is 12.3 Å². The zero-order chi connectivity index (χ0) is 22.5. The maximum Gasteiger partial charge on any atom is 0.415 e. The first-order valence-corrected chi connectivity index (χ1v) is 10.7. The van der Waals surface area contributed by atoms with Crippen molar-refractivity contribution in [1.29, 1.82) is 0 Å². The van der Waals surface area contributed by atoms with Crippen LogP contribution in [0, 0.1) is 13.8 Å². The smallest absolute Gasteiger partial charge is 0.415 e. The van der Waals surface area contributed by atoms with Gasteiger partial charge < -0.3 is 24.3 Å². The molecule has 0 unspecified atom stereocenters. The van der Waals surface area contributed by atoms with Gasteiger partial charge in [-0.2, -0.15) is 0 Å². The number of amides is 2. The molecule has 0 atom stereocenters. The molecule has 1 aromatic heterocycles. The normalized spacial score (nSPS) is 13.7. The lowest BCUT2D eigenvalue weighted by molar-refractivity contribution is -0.130. The van der Waals surface area contributed by atoms with Crippen LogP contribution < -0.4 is 15.0 Å². The number of hydrogen-bond acceptors (Lipinski definition) is 5. The molecule has 1 aliphatic heterocycles. The van der Waals surface area contributed by atoms with E-state index in [4.69, 9.17) is 9.15 Å². The van der Waals surface area contributed by atoms with E-state index in [2.05, 4.69) is 34.5 Å². The van der Waals surface area contributed by atoms with E-state index < -0.39 is 6.09 Å².